The molecule has 1 amide bonds. The number of piperidine rings is 1. The van der Waals surface area contributed by atoms with Crippen molar-refractivity contribution in [2.45, 2.75) is 39.7 Å². The molecule has 3 heterocycles. The number of anilines is 1. The molecule has 3 fully saturated rings. The maximum Gasteiger partial charge on any atom is 0.307 e. The van der Waals surface area contributed by atoms with Crippen LogP contribution in [0.2, 0.25) is 0 Å². The molecule has 2 N–H and O–H groups in total. The van der Waals surface area contributed by atoms with Crippen molar-refractivity contribution >= 4 is 28.3 Å². The van der Waals surface area contributed by atoms with Gasteiger partial charge >= 0.3 is 5.97 Å². The Bertz CT molecular complexity index is 1440. The van der Waals surface area contributed by atoms with Crippen molar-refractivity contribution in [3.8, 4) is 17.0 Å². The Morgan fingerprint density at radius 1 is 1.05 bits per heavy atom. The fourth-order valence-corrected chi connectivity index (χ4v) is 7.63. The summed E-state index contributed by atoms with van der Waals surface area (Å²) < 4.78 is 6.34. The van der Waals surface area contributed by atoms with Gasteiger partial charge in [0, 0.05) is 55.2 Å². The zero-order valence-electron chi connectivity index (χ0n) is 23.6. The highest BCUT2D eigenvalue weighted by Gasteiger charge is 2.46. The summed E-state index contributed by atoms with van der Waals surface area (Å²) in [6.45, 7) is 7.33. The highest BCUT2D eigenvalue weighted by Crippen LogP contribution is 2.44. The number of ether oxygens (including phenoxy) is 1. The van der Waals surface area contributed by atoms with Gasteiger partial charge in [-0.3, -0.25) is 9.59 Å². The minimum atomic E-state index is -0.655. The lowest BCUT2D eigenvalue weighted by Crippen LogP contribution is -2.44. The van der Waals surface area contributed by atoms with E-state index in [2.05, 4.69) is 23.3 Å². The van der Waals surface area contributed by atoms with Crippen LogP contribution in [0.3, 0.4) is 0 Å². The van der Waals surface area contributed by atoms with Gasteiger partial charge in [0.2, 0.25) is 0 Å². The first-order chi connectivity index (χ1) is 19.8. The zero-order valence-corrected chi connectivity index (χ0v) is 24.4. The van der Waals surface area contributed by atoms with Crippen LogP contribution in [0, 0.1) is 37.5 Å². The molecule has 4 atom stereocenters. The summed E-state index contributed by atoms with van der Waals surface area (Å²) in [6.07, 6.45) is 2.79. The molecular weight excluding hydrogens is 538 g/mol. The van der Waals surface area contributed by atoms with Gasteiger partial charge in [0.15, 0.2) is 5.13 Å². The Morgan fingerprint density at radius 2 is 1.83 bits per heavy atom. The van der Waals surface area contributed by atoms with Crippen LogP contribution in [-0.2, 0) is 11.4 Å². The van der Waals surface area contributed by atoms with Crippen LogP contribution in [0.15, 0.2) is 41.8 Å². The fraction of sp³-hybridized carbons (Fsp3) is 0.469. The van der Waals surface area contributed by atoms with E-state index in [4.69, 9.17) is 9.72 Å². The molecule has 41 heavy (non-hydrogen) atoms. The molecule has 0 spiro atoms. The van der Waals surface area contributed by atoms with Crippen LogP contribution in [0.5, 0.6) is 5.75 Å². The monoisotopic (exact) mass is 575 g/mol. The maximum absolute atomic E-state index is 13.0. The van der Waals surface area contributed by atoms with Gasteiger partial charge in [0.05, 0.1) is 11.6 Å². The largest absolute Gasteiger partial charge is 0.488 e. The van der Waals surface area contributed by atoms with Crippen molar-refractivity contribution in [1.29, 1.82) is 0 Å². The summed E-state index contributed by atoms with van der Waals surface area (Å²) in [5, 5.41) is 22.1. The van der Waals surface area contributed by atoms with E-state index in [1.54, 1.807) is 11.3 Å². The molecule has 3 aromatic rings. The van der Waals surface area contributed by atoms with Crippen molar-refractivity contribution in [3.63, 3.8) is 0 Å². The average molecular weight is 576 g/mol. The predicted molar refractivity (Wildman–Crippen MR) is 158 cm³/mol. The summed E-state index contributed by atoms with van der Waals surface area (Å²) in [6, 6.07) is 11.9. The summed E-state index contributed by atoms with van der Waals surface area (Å²) >= 11 is 1.60. The number of aliphatic hydroxyl groups is 1. The Balaban J connectivity index is 1.15. The number of nitrogens with zero attached hydrogens (tertiary/aromatic N) is 3. The van der Waals surface area contributed by atoms with Gasteiger partial charge in [-0.05, 0) is 80.3 Å². The van der Waals surface area contributed by atoms with Crippen LogP contribution in [0.25, 0.3) is 11.3 Å². The zero-order chi connectivity index (χ0) is 28.7. The number of likely N-dealkylation sites (tertiary alicyclic amines) is 1. The molecule has 2 aliphatic heterocycles. The molecular formula is C32H37N3O5S. The normalized spacial score (nSPS) is 23.7. The van der Waals surface area contributed by atoms with Crippen molar-refractivity contribution in [2.75, 3.05) is 37.7 Å². The summed E-state index contributed by atoms with van der Waals surface area (Å²) in [5.74, 6) is 0.434. The lowest BCUT2D eigenvalue weighted by Gasteiger charge is -2.35. The summed E-state index contributed by atoms with van der Waals surface area (Å²) in [4.78, 5) is 33.8. The minimum Gasteiger partial charge on any atom is -0.488 e. The first kappa shape index (κ1) is 27.7. The van der Waals surface area contributed by atoms with Crippen LogP contribution < -0.4 is 9.64 Å². The molecule has 1 aliphatic carbocycles. The first-order valence-corrected chi connectivity index (χ1v) is 15.4. The number of aliphatic carboxylic acids is 1. The van der Waals surface area contributed by atoms with E-state index in [9.17, 15) is 19.8 Å². The molecule has 2 bridgehead atoms. The van der Waals surface area contributed by atoms with Crippen molar-refractivity contribution < 1.29 is 24.5 Å². The van der Waals surface area contributed by atoms with E-state index in [1.165, 1.54) is 0 Å². The lowest BCUT2D eigenvalue weighted by atomic mass is 9.85. The number of hydrogen-bond donors (Lipinski definition) is 2. The third-order valence-electron chi connectivity index (χ3n) is 9.10. The number of amides is 1. The summed E-state index contributed by atoms with van der Waals surface area (Å²) in [7, 11) is 0. The molecule has 9 heteroatoms. The molecule has 3 aliphatic rings. The van der Waals surface area contributed by atoms with E-state index in [0.717, 1.165) is 71.2 Å². The van der Waals surface area contributed by atoms with Crippen molar-refractivity contribution in [1.82, 2.24) is 9.88 Å². The lowest BCUT2D eigenvalue weighted by molar-refractivity contribution is -0.144. The van der Waals surface area contributed by atoms with E-state index in [1.807, 2.05) is 42.2 Å². The van der Waals surface area contributed by atoms with Crippen molar-refractivity contribution in [2.24, 2.45) is 23.7 Å². The average Bonchev–Trinajstić information content (AvgIpc) is 3.70. The second-order valence-electron chi connectivity index (χ2n) is 11.9. The number of rotatable bonds is 8. The van der Waals surface area contributed by atoms with Crippen LogP contribution in [0.4, 0.5) is 5.13 Å². The Hall–Kier alpha value is -3.43. The number of thiazole rings is 1. The van der Waals surface area contributed by atoms with Crippen LogP contribution in [-0.4, -0.2) is 64.8 Å². The fourth-order valence-electron chi connectivity index (χ4n) is 6.78. The molecule has 2 saturated heterocycles. The molecule has 0 radical (unpaired) electrons. The number of carbonyl (C=O) groups excluding carboxylic acids is 1. The van der Waals surface area contributed by atoms with Crippen LogP contribution >= 0.6 is 11.3 Å². The highest BCUT2D eigenvalue weighted by atomic mass is 32.1. The number of carboxylic acid groups (broad SMARTS) is 1. The topological polar surface area (TPSA) is 103 Å². The van der Waals surface area contributed by atoms with Gasteiger partial charge in [-0.25, -0.2) is 4.98 Å². The minimum absolute atomic E-state index is 0.0110. The second-order valence-corrected chi connectivity index (χ2v) is 12.7. The van der Waals surface area contributed by atoms with Gasteiger partial charge in [0.1, 0.15) is 12.4 Å². The highest BCUT2D eigenvalue weighted by molar-refractivity contribution is 7.14. The molecule has 1 saturated carbocycles. The SMILES string of the molecule is Cc1ccc(OCc2ccc(C(=O)N3CC[C@@H](CO)C3)cc2C)c(-c2csc(N3CC4CC[C@H](C3)[C@@H]4C(=O)O)n2)c1. The molecule has 216 valence electrons. The second kappa shape index (κ2) is 11.4. The number of aliphatic hydroxyl groups excluding tert-OH is 1. The molecule has 1 unspecified atom stereocenters. The van der Waals surface area contributed by atoms with Gasteiger partial charge in [-0.1, -0.05) is 17.7 Å². The van der Waals surface area contributed by atoms with E-state index < -0.39 is 5.97 Å². The quantitative estimate of drug-likeness (QED) is 0.389. The third-order valence-corrected chi connectivity index (χ3v) is 10.00. The van der Waals surface area contributed by atoms with Gasteiger partial charge < -0.3 is 24.7 Å². The molecule has 1 aromatic heterocycles. The predicted octanol–water partition coefficient (Wildman–Crippen LogP) is 5.01. The number of carboxylic acids is 1. The molecule has 2 aromatic carbocycles. The smallest absolute Gasteiger partial charge is 0.307 e. The van der Waals surface area contributed by atoms with E-state index in [-0.39, 0.29) is 36.2 Å². The number of carbonyl (C=O) groups is 2. The molecule has 8 nitrogen and oxygen atoms in total. The standard InChI is InChI=1S/C32H37N3O5S/c1-19-3-8-28(40-17-25-7-4-22(12-20(25)2)30(37)34-10-9-21(13-34)16-36)26(11-19)27-18-41-32(33-27)35-14-23-5-6-24(15-35)29(23)31(38)39/h3-4,7-8,11-12,18,21,23-24,29,36H,5-6,9-10,13-17H2,1-2H3,(H,38,39)/t21-,23-,24?,29+/m1/s1. The number of benzene rings is 2. The van der Waals surface area contributed by atoms with Gasteiger partial charge in [0.25, 0.3) is 5.91 Å². The Morgan fingerprint density at radius 3 is 2.51 bits per heavy atom. The molecule has 6 rings (SSSR count). The van der Waals surface area contributed by atoms with Crippen molar-refractivity contribution in [3.05, 3.63) is 64.0 Å². The van der Waals surface area contributed by atoms with Crippen LogP contribution in [0.1, 0.15) is 46.3 Å². The number of fused-ring (bicyclic) bond motifs is 2. The first-order valence-electron chi connectivity index (χ1n) is 14.5. The number of aromatic nitrogens is 1. The van der Waals surface area contributed by atoms with E-state index >= 15 is 0 Å². The Labute approximate surface area is 244 Å². The summed E-state index contributed by atoms with van der Waals surface area (Å²) in [5.41, 5.74) is 5.59. The number of hydrogen-bond acceptors (Lipinski definition) is 7. The van der Waals surface area contributed by atoms with Gasteiger partial charge in [-0.2, -0.15) is 0 Å². The Kier molecular flexibility index (Phi) is 7.74. The number of aryl methyl sites for hydroxylation is 2. The van der Waals surface area contributed by atoms with E-state index in [0.29, 0.717) is 25.3 Å². The maximum atomic E-state index is 13.0. The third kappa shape index (κ3) is 5.57. The van der Waals surface area contributed by atoms with Gasteiger partial charge in [-0.15, -0.1) is 11.3 Å².